The molecule has 88 valence electrons. The van der Waals surface area contributed by atoms with Gasteiger partial charge < -0.3 is 4.98 Å². The summed E-state index contributed by atoms with van der Waals surface area (Å²) in [7, 11) is 0. The van der Waals surface area contributed by atoms with Gasteiger partial charge in [-0.25, -0.2) is 4.98 Å². The van der Waals surface area contributed by atoms with Gasteiger partial charge in [0.2, 0.25) is 0 Å². The predicted octanol–water partition coefficient (Wildman–Crippen LogP) is 2.38. The topological polar surface area (TPSA) is 45.8 Å². The molecule has 1 heterocycles. The number of aryl methyl sites for hydroxylation is 2. The molecule has 0 atom stereocenters. The molecule has 0 saturated heterocycles. The van der Waals surface area contributed by atoms with Gasteiger partial charge in [-0.3, -0.25) is 4.79 Å². The summed E-state index contributed by atoms with van der Waals surface area (Å²) < 4.78 is 0. The molecule has 3 nitrogen and oxygen atoms in total. The van der Waals surface area contributed by atoms with Gasteiger partial charge in [0.25, 0.3) is 5.56 Å². The van der Waals surface area contributed by atoms with Crippen LogP contribution in [0.2, 0.25) is 0 Å². The number of nitrogens with zero attached hydrogens (tertiary/aromatic N) is 1. The third kappa shape index (κ3) is 2.52. The molecular weight excluding hydrogens is 200 g/mol. The van der Waals surface area contributed by atoms with Crippen molar-refractivity contribution in [1.29, 1.82) is 0 Å². The number of aromatic amines is 1. The maximum Gasteiger partial charge on any atom is 0.254 e. The van der Waals surface area contributed by atoms with Crippen LogP contribution in [0.3, 0.4) is 0 Å². The van der Waals surface area contributed by atoms with Gasteiger partial charge in [-0.2, -0.15) is 0 Å². The molecule has 1 aliphatic rings. The lowest BCUT2D eigenvalue weighted by molar-refractivity contribution is 0.633. The van der Waals surface area contributed by atoms with E-state index in [1.165, 1.54) is 19.3 Å². The van der Waals surface area contributed by atoms with Crippen LogP contribution in [0.4, 0.5) is 0 Å². The van der Waals surface area contributed by atoms with Crippen molar-refractivity contribution < 1.29 is 0 Å². The molecule has 3 heteroatoms. The molecule has 1 aromatic rings. The lowest BCUT2D eigenvalue weighted by Crippen LogP contribution is -2.22. The largest absolute Gasteiger partial charge is 0.310 e. The molecule has 1 aliphatic carbocycles. The van der Waals surface area contributed by atoms with Crippen molar-refractivity contribution >= 4 is 0 Å². The van der Waals surface area contributed by atoms with E-state index in [0.717, 1.165) is 49.2 Å². The average Bonchev–Trinajstić information content (AvgIpc) is 2.30. The van der Waals surface area contributed by atoms with E-state index in [9.17, 15) is 4.79 Å². The lowest BCUT2D eigenvalue weighted by atomic mass is 9.97. The third-order valence-corrected chi connectivity index (χ3v) is 3.26. The standard InChI is InChI=1S/C13H20N2O/c1-2-3-4-9-12-14-11-8-6-5-7-10(11)13(16)15-12/h2-9H2,1H3,(H,14,15,16). The van der Waals surface area contributed by atoms with Crippen LogP contribution in [0.5, 0.6) is 0 Å². The summed E-state index contributed by atoms with van der Waals surface area (Å²) in [5, 5.41) is 0. The first-order chi connectivity index (χ1) is 7.81. The molecule has 1 N–H and O–H groups in total. The number of aromatic nitrogens is 2. The van der Waals surface area contributed by atoms with Crippen LogP contribution in [0.1, 0.15) is 56.1 Å². The maximum absolute atomic E-state index is 11.8. The highest BCUT2D eigenvalue weighted by Gasteiger charge is 2.14. The lowest BCUT2D eigenvalue weighted by Gasteiger charge is -2.14. The molecule has 0 saturated carbocycles. The molecule has 0 aliphatic heterocycles. The first-order valence-electron chi connectivity index (χ1n) is 6.42. The van der Waals surface area contributed by atoms with Crippen LogP contribution in [0.15, 0.2) is 4.79 Å². The molecule has 0 aromatic carbocycles. The summed E-state index contributed by atoms with van der Waals surface area (Å²) in [6, 6.07) is 0. The molecule has 2 rings (SSSR count). The Morgan fingerprint density at radius 1 is 1.25 bits per heavy atom. The van der Waals surface area contributed by atoms with E-state index in [2.05, 4.69) is 16.9 Å². The van der Waals surface area contributed by atoms with Crippen LogP contribution in [-0.2, 0) is 19.3 Å². The fourth-order valence-electron chi connectivity index (χ4n) is 2.32. The van der Waals surface area contributed by atoms with Crippen molar-refractivity contribution in [1.82, 2.24) is 9.97 Å². The minimum atomic E-state index is 0.108. The highest BCUT2D eigenvalue weighted by atomic mass is 16.1. The summed E-state index contributed by atoms with van der Waals surface area (Å²) in [6.45, 7) is 2.18. The van der Waals surface area contributed by atoms with Crippen molar-refractivity contribution in [3.63, 3.8) is 0 Å². The highest BCUT2D eigenvalue weighted by Crippen LogP contribution is 2.16. The SMILES string of the molecule is CCCCCc1nc2c(c(=O)[nH]1)CCCC2. The van der Waals surface area contributed by atoms with Gasteiger partial charge in [-0.05, 0) is 32.1 Å². The van der Waals surface area contributed by atoms with E-state index < -0.39 is 0 Å². The van der Waals surface area contributed by atoms with E-state index in [0.29, 0.717) is 0 Å². The Morgan fingerprint density at radius 3 is 2.88 bits per heavy atom. The molecule has 0 spiro atoms. The first kappa shape index (κ1) is 11.4. The second kappa shape index (κ2) is 5.28. The number of nitrogens with one attached hydrogen (secondary N) is 1. The van der Waals surface area contributed by atoms with E-state index in [1.54, 1.807) is 0 Å². The Morgan fingerprint density at radius 2 is 2.06 bits per heavy atom. The summed E-state index contributed by atoms with van der Waals surface area (Å²) in [4.78, 5) is 19.3. The second-order valence-corrected chi connectivity index (χ2v) is 4.60. The summed E-state index contributed by atoms with van der Waals surface area (Å²) >= 11 is 0. The van der Waals surface area contributed by atoms with Crippen molar-refractivity contribution in [2.45, 2.75) is 58.3 Å². The van der Waals surface area contributed by atoms with Crippen molar-refractivity contribution in [2.75, 3.05) is 0 Å². The van der Waals surface area contributed by atoms with Crippen LogP contribution in [0.25, 0.3) is 0 Å². The Bertz CT molecular complexity index is 409. The zero-order valence-corrected chi connectivity index (χ0v) is 10.0. The zero-order chi connectivity index (χ0) is 11.4. The minimum Gasteiger partial charge on any atom is -0.310 e. The summed E-state index contributed by atoms with van der Waals surface area (Å²) in [5.74, 6) is 0.888. The van der Waals surface area contributed by atoms with Gasteiger partial charge >= 0.3 is 0 Å². The molecule has 16 heavy (non-hydrogen) atoms. The Balaban J connectivity index is 2.15. The van der Waals surface area contributed by atoms with Crippen molar-refractivity contribution in [3.05, 3.63) is 27.4 Å². The number of H-pyrrole nitrogens is 1. The summed E-state index contributed by atoms with van der Waals surface area (Å²) in [6.07, 6.45) is 8.66. The zero-order valence-electron chi connectivity index (χ0n) is 10.0. The number of hydrogen-bond donors (Lipinski definition) is 1. The highest BCUT2D eigenvalue weighted by molar-refractivity contribution is 5.20. The normalized spacial score (nSPS) is 14.8. The van der Waals surface area contributed by atoms with Crippen molar-refractivity contribution in [2.24, 2.45) is 0 Å². The van der Waals surface area contributed by atoms with E-state index in [-0.39, 0.29) is 5.56 Å². The van der Waals surface area contributed by atoms with Gasteiger partial charge in [0.1, 0.15) is 5.82 Å². The predicted molar refractivity (Wildman–Crippen MR) is 64.7 cm³/mol. The molecule has 0 bridgehead atoms. The quantitative estimate of drug-likeness (QED) is 0.792. The van der Waals surface area contributed by atoms with Gasteiger partial charge in [-0.15, -0.1) is 0 Å². The van der Waals surface area contributed by atoms with Gasteiger partial charge in [0, 0.05) is 12.0 Å². The Labute approximate surface area is 96.3 Å². The molecule has 0 amide bonds. The minimum absolute atomic E-state index is 0.108. The third-order valence-electron chi connectivity index (χ3n) is 3.26. The van der Waals surface area contributed by atoms with Crippen LogP contribution < -0.4 is 5.56 Å². The summed E-state index contributed by atoms with van der Waals surface area (Å²) in [5.41, 5.74) is 2.10. The Hall–Kier alpha value is -1.12. The maximum atomic E-state index is 11.8. The molecule has 1 aromatic heterocycles. The Kier molecular flexibility index (Phi) is 3.75. The van der Waals surface area contributed by atoms with Crippen LogP contribution >= 0.6 is 0 Å². The number of unbranched alkanes of at least 4 members (excludes halogenated alkanes) is 2. The number of fused-ring (bicyclic) bond motifs is 1. The average molecular weight is 220 g/mol. The molecule has 0 unspecified atom stereocenters. The smallest absolute Gasteiger partial charge is 0.254 e. The number of rotatable bonds is 4. The van der Waals surface area contributed by atoms with Crippen molar-refractivity contribution in [3.8, 4) is 0 Å². The van der Waals surface area contributed by atoms with E-state index in [4.69, 9.17) is 0 Å². The van der Waals surface area contributed by atoms with E-state index >= 15 is 0 Å². The monoisotopic (exact) mass is 220 g/mol. The van der Waals surface area contributed by atoms with Gasteiger partial charge in [0.05, 0.1) is 5.69 Å². The number of hydrogen-bond acceptors (Lipinski definition) is 2. The molecule has 0 fully saturated rings. The van der Waals surface area contributed by atoms with Crippen LogP contribution in [-0.4, -0.2) is 9.97 Å². The van der Waals surface area contributed by atoms with E-state index in [1.807, 2.05) is 0 Å². The second-order valence-electron chi connectivity index (χ2n) is 4.60. The fraction of sp³-hybridized carbons (Fsp3) is 0.692. The fourth-order valence-corrected chi connectivity index (χ4v) is 2.32. The first-order valence-corrected chi connectivity index (χ1v) is 6.42. The van der Waals surface area contributed by atoms with Crippen LogP contribution in [0, 0.1) is 0 Å². The molecular formula is C13H20N2O. The van der Waals surface area contributed by atoms with Gasteiger partial charge in [-0.1, -0.05) is 19.8 Å². The van der Waals surface area contributed by atoms with Gasteiger partial charge in [0.15, 0.2) is 0 Å². The molecule has 0 radical (unpaired) electrons.